The molecule has 1 aliphatic heterocycles. The number of piperidine rings is 1. The van der Waals surface area contributed by atoms with Crippen LogP contribution >= 0.6 is 0 Å². The lowest BCUT2D eigenvalue weighted by Crippen LogP contribution is -2.40. The van der Waals surface area contributed by atoms with Crippen LogP contribution < -0.4 is 0 Å². The molecule has 5 heteroatoms. The zero-order valence-electron chi connectivity index (χ0n) is 12.7. The van der Waals surface area contributed by atoms with E-state index in [-0.39, 0.29) is 17.2 Å². The molecule has 1 atom stereocenters. The standard InChI is InChI=1S/C17H21NO4/c1-22-11-12-3-2-4-13(9-12)15(19)18-7-5-17(6-8-18)10-14(17)16(20)21/h2-4,9,14H,5-8,10-11H2,1H3,(H,20,21)/t14-/m1/s1. The number of nitrogens with zero attached hydrogens (tertiary/aromatic N) is 1. The molecule has 1 aromatic carbocycles. The van der Waals surface area contributed by atoms with Crippen LogP contribution in [0.2, 0.25) is 0 Å². The normalized spacial score (nSPS) is 22.6. The first kappa shape index (κ1) is 15.0. The van der Waals surface area contributed by atoms with Crippen molar-refractivity contribution in [1.82, 2.24) is 4.90 Å². The van der Waals surface area contributed by atoms with Crippen molar-refractivity contribution in [3.8, 4) is 0 Å². The summed E-state index contributed by atoms with van der Waals surface area (Å²) in [4.78, 5) is 25.5. The Morgan fingerprint density at radius 1 is 1.36 bits per heavy atom. The quantitative estimate of drug-likeness (QED) is 0.925. The van der Waals surface area contributed by atoms with E-state index in [0.717, 1.165) is 24.8 Å². The average molecular weight is 303 g/mol. The third-order valence-corrected chi connectivity index (χ3v) is 5.02. The summed E-state index contributed by atoms with van der Waals surface area (Å²) in [6.45, 7) is 1.79. The number of carboxylic acids is 1. The topological polar surface area (TPSA) is 66.8 Å². The number of methoxy groups -OCH3 is 1. The van der Waals surface area contributed by atoms with Crippen molar-refractivity contribution >= 4 is 11.9 Å². The summed E-state index contributed by atoms with van der Waals surface area (Å²) in [5.41, 5.74) is 1.62. The van der Waals surface area contributed by atoms with Gasteiger partial charge in [0.25, 0.3) is 5.91 Å². The van der Waals surface area contributed by atoms with Crippen LogP contribution in [-0.4, -0.2) is 42.1 Å². The van der Waals surface area contributed by atoms with E-state index >= 15 is 0 Å². The zero-order chi connectivity index (χ0) is 15.7. The smallest absolute Gasteiger partial charge is 0.307 e. The average Bonchev–Trinajstić information content (AvgIpc) is 3.22. The van der Waals surface area contributed by atoms with Crippen molar-refractivity contribution < 1.29 is 19.4 Å². The number of rotatable bonds is 4. The highest BCUT2D eigenvalue weighted by Gasteiger charge is 2.59. The molecule has 1 saturated heterocycles. The molecule has 2 aliphatic rings. The molecule has 1 N–H and O–H groups in total. The summed E-state index contributed by atoms with van der Waals surface area (Å²) in [5, 5.41) is 9.11. The first-order valence-corrected chi connectivity index (χ1v) is 7.66. The number of amides is 1. The molecule has 0 bridgehead atoms. The Balaban J connectivity index is 1.63. The van der Waals surface area contributed by atoms with Gasteiger partial charge < -0.3 is 14.7 Å². The molecule has 0 aromatic heterocycles. The van der Waals surface area contributed by atoms with Gasteiger partial charge in [-0.3, -0.25) is 9.59 Å². The van der Waals surface area contributed by atoms with Crippen molar-refractivity contribution in [3.05, 3.63) is 35.4 Å². The fourth-order valence-electron chi connectivity index (χ4n) is 3.55. The summed E-state index contributed by atoms with van der Waals surface area (Å²) in [6.07, 6.45) is 2.37. The number of aliphatic carboxylic acids is 1. The minimum atomic E-state index is -0.688. The Bertz CT molecular complexity index is 590. The number of hydrogen-bond acceptors (Lipinski definition) is 3. The van der Waals surface area contributed by atoms with Gasteiger partial charge in [0.2, 0.25) is 0 Å². The summed E-state index contributed by atoms with van der Waals surface area (Å²) < 4.78 is 5.10. The summed E-state index contributed by atoms with van der Waals surface area (Å²) >= 11 is 0. The summed E-state index contributed by atoms with van der Waals surface area (Å²) in [7, 11) is 1.63. The number of carboxylic acid groups (broad SMARTS) is 1. The van der Waals surface area contributed by atoms with Gasteiger partial charge in [0, 0.05) is 25.8 Å². The van der Waals surface area contributed by atoms with E-state index in [9.17, 15) is 9.59 Å². The fourth-order valence-corrected chi connectivity index (χ4v) is 3.55. The molecule has 0 radical (unpaired) electrons. The lowest BCUT2D eigenvalue weighted by molar-refractivity contribution is -0.139. The molecule has 1 aliphatic carbocycles. The molecule has 1 heterocycles. The monoisotopic (exact) mass is 303 g/mol. The number of carbonyl (C=O) groups excluding carboxylic acids is 1. The highest BCUT2D eigenvalue weighted by molar-refractivity contribution is 5.94. The maximum Gasteiger partial charge on any atom is 0.307 e. The Hall–Kier alpha value is -1.88. The van der Waals surface area contributed by atoms with Gasteiger partial charge in [-0.15, -0.1) is 0 Å². The fraction of sp³-hybridized carbons (Fsp3) is 0.529. The molecule has 1 aromatic rings. The second-order valence-electron chi connectivity index (χ2n) is 6.38. The van der Waals surface area contributed by atoms with E-state index < -0.39 is 5.97 Å². The molecule has 1 spiro atoms. The predicted molar refractivity (Wildman–Crippen MR) is 80.5 cm³/mol. The van der Waals surface area contributed by atoms with Crippen LogP contribution in [0.4, 0.5) is 0 Å². The highest BCUT2D eigenvalue weighted by atomic mass is 16.5. The van der Waals surface area contributed by atoms with Gasteiger partial charge >= 0.3 is 5.97 Å². The molecule has 1 saturated carbocycles. The molecule has 2 fully saturated rings. The predicted octanol–water partition coefficient (Wildman–Crippen LogP) is 2.16. The molecular formula is C17H21NO4. The van der Waals surface area contributed by atoms with Gasteiger partial charge in [-0.1, -0.05) is 12.1 Å². The van der Waals surface area contributed by atoms with Gasteiger partial charge in [0.15, 0.2) is 0 Å². The number of carbonyl (C=O) groups is 2. The number of hydrogen-bond donors (Lipinski definition) is 1. The summed E-state index contributed by atoms with van der Waals surface area (Å²) in [5.74, 6) is -0.859. The van der Waals surface area contributed by atoms with Crippen LogP contribution in [0.1, 0.15) is 35.2 Å². The second kappa shape index (κ2) is 5.72. The van der Waals surface area contributed by atoms with Crippen molar-refractivity contribution in [2.24, 2.45) is 11.3 Å². The Morgan fingerprint density at radius 3 is 2.68 bits per heavy atom. The van der Waals surface area contributed by atoms with Gasteiger partial charge in [-0.05, 0) is 42.4 Å². The molecule has 22 heavy (non-hydrogen) atoms. The molecule has 1 amide bonds. The highest BCUT2D eigenvalue weighted by Crippen LogP contribution is 2.59. The lowest BCUT2D eigenvalue weighted by Gasteiger charge is -2.32. The number of likely N-dealkylation sites (tertiary alicyclic amines) is 1. The first-order chi connectivity index (χ1) is 10.6. The van der Waals surface area contributed by atoms with Gasteiger partial charge in [0.05, 0.1) is 12.5 Å². The van der Waals surface area contributed by atoms with Crippen LogP contribution in [0.3, 0.4) is 0 Å². The van der Waals surface area contributed by atoms with Gasteiger partial charge in [-0.2, -0.15) is 0 Å². The third-order valence-electron chi connectivity index (χ3n) is 5.02. The lowest BCUT2D eigenvalue weighted by atomic mass is 9.90. The number of ether oxygens (including phenoxy) is 1. The third kappa shape index (κ3) is 2.73. The van der Waals surface area contributed by atoms with E-state index in [1.807, 2.05) is 29.2 Å². The SMILES string of the molecule is COCc1cccc(C(=O)N2CCC3(CC2)C[C@@H]3C(=O)O)c1. The van der Waals surface area contributed by atoms with Crippen molar-refractivity contribution in [2.75, 3.05) is 20.2 Å². The van der Waals surface area contributed by atoms with E-state index in [2.05, 4.69) is 0 Å². The minimum Gasteiger partial charge on any atom is -0.481 e. The van der Waals surface area contributed by atoms with Crippen LogP contribution in [-0.2, 0) is 16.1 Å². The molecule has 0 unspecified atom stereocenters. The molecular weight excluding hydrogens is 282 g/mol. The first-order valence-electron chi connectivity index (χ1n) is 7.66. The molecule has 5 nitrogen and oxygen atoms in total. The van der Waals surface area contributed by atoms with Crippen LogP contribution in [0.15, 0.2) is 24.3 Å². The Labute approximate surface area is 129 Å². The van der Waals surface area contributed by atoms with Crippen LogP contribution in [0.5, 0.6) is 0 Å². The van der Waals surface area contributed by atoms with E-state index in [1.54, 1.807) is 7.11 Å². The van der Waals surface area contributed by atoms with Crippen molar-refractivity contribution in [3.63, 3.8) is 0 Å². The van der Waals surface area contributed by atoms with Crippen molar-refractivity contribution in [1.29, 1.82) is 0 Å². The van der Waals surface area contributed by atoms with Crippen LogP contribution in [0, 0.1) is 11.3 Å². The largest absolute Gasteiger partial charge is 0.481 e. The van der Waals surface area contributed by atoms with E-state index in [1.165, 1.54) is 0 Å². The Kier molecular flexibility index (Phi) is 3.91. The molecule has 3 rings (SSSR count). The minimum absolute atomic E-state index is 0.0281. The zero-order valence-corrected chi connectivity index (χ0v) is 12.7. The Morgan fingerprint density at radius 2 is 2.09 bits per heavy atom. The summed E-state index contributed by atoms with van der Waals surface area (Å²) in [6, 6.07) is 7.50. The number of benzene rings is 1. The van der Waals surface area contributed by atoms with Crippen LogP contribution in [0.25, 0.3) is 0 Å². The maximum atomic E-state index is 12.6. The van der Waals surface area contributed by atoms with Crippen molar-refractivity contribution in [2.45, 2.75) is 25.9 Å². The second-order valence-corrected chi connectivity index (χ2v) is 6.38. The van der Waals surface area contributed by atoms with E-state index in [4.69, 9.17) is 9.84 Å². The van der Waals surface area contributed by atoms with E-state index in [0.29, 0.717) is 25.3 Å². The maximum absolute atomic E-state index is 12.6. The molecule has 118 valence electrons. The van der Waals surface area contributed by atoms with Gasteiger partial charge in [-0.25, -0.2) is 0 Å². The van der Waals surface area contributed by atoms with Gasteiger partial charge in [0.1, 0.15) is 0 Å².